The molecule has 2 heterocycles. The smallest absolute Gasteiger partial charge is 0.335 e. The Morgan fingerprint density at radius 3 is 2.47 bits per heavy atom. The Labute approximate surface area is 199 Å². The van der Waals surface area contributed by atoms with Crippen LogP contribution in [0.15, 0.2) is 23.0 Å². The predicted molar refractivity (Wildman–Crippen MR) is 131 cm³/mol. The molecule has 1 aromatic carbocycles. The number of H-pyrrole nitrogens is 1. The molecule has 9 nitrogen and oxygen atoms in total. The monoisotopic (exact) mass is 488 g/mol. The number of rotatable bonds is 10. The average Bonchev–Trinajstić information content (AvgIpc) is 3.43. The van der Waals surface area contributed by atoms with Gasteiger partial charge >= 0.3 is 7.60 Å². The lowest BCUT2D eigenvalue weighted by atomic mass is 10.1. The number of aromatic amines is 1. The lowest BCUT2D eigenvalue weighted by Gasteiger charge is -2.18. The first-order valence-electron chi connectivity index (χ1n) is 12.0. The van der Waals surface area contributed by atoms with Crippen molar-refractivity contribution in [3.63, 3.8) is 0 Å². The summed E-state index contributed by atoms with van der Waals surface area (Å²) in [7, 11) is -3.30. The van der Waals surface area contributed by atoms with E-state index in [1.165, 1.54) is 0 Å². The summed E-state index contributed by atoms with van der Waals surface area (Å²) in [6.45, 7) is 8.34. The molecule has 0 radical (unpaired) electrons. The van der Waals surface area contributed by atoms with E-state index in [4.69, 9.17) is 23.9 Å². The van der Waals surface area contributed by atoms with Gasteiger partial charge in [-0.15, -0.1) is 5.10 Å². The number of ether oxygens (including phenoxy) is 1. The fraction of sp³-hybridized carbons (Fsp3) is 0.542. The highest BCUT2D eigenvalue weighted by molar-refractivity contribution is 7.53. The molecule has 34 heavy (non-hydrogen) atoms. The van der Waals surface area contributed by atoms with Crippen LogP contribution in [-0.4, -0.2) is 39.4 Å². The Kier molecular flexibility index (Phi) is 7.55. The zero-order valence-corrected chi connectivity index (χ0v) is 21.2. The third-order valence-electron chi connectivity index (χ3n) is 6.05. The van der Waals surface area contributed by atoms with Crippen LogP contribution in [0.5, 0.6) is 5.75 Å². The summed E-state index contributed by atoms with van der Waals surface area (Å²) in [5.74, 6) is 2.09. The SMILES string of the molecule is CCOc1ccc(CP(=O)(OCC)OCC)cc1-c1nn2c(C3CCCC3)nc(C)c2c(=O)[nH]1. The van der Waals surface area contributed by atoms with Gasteiger partial charge in [0.25, 0.3) is 5.56 Å². The van der Waals surface area contributed by atoms with Crippen molar-refractivity contribution < 1.29 is 18.3 Å². The van der Waals surface area contributed by atoms with Gasteiger partial charge in [0.15, 0.2) is 11.3 Å². The summed E-state index contributed by atoms with van der Waals surface area (Å²) in [5.41, 5.74) is 2.25. The van der Waals surface area contributed by atoms with Gasteiger partial charge < -0.3 is 18.8 Å². The lowest BCUT2D eigenvalue weighted by Crippen LogP contribution is -2.16. The highest BCUT2D eigenvalue weighted by Crippen LogP contribution is 2.51. The maximum Gasteiger partial charge on any atom is 0.335 e. The Hall–Kier alpha value is -2.48. The van der Waals surface area contributed by atoms with E-state index in [9.17, 15) is 9.36 Å². The Bertz CT molecular complexity index is 1250. The quantitative estimate of drug-likeness (QED) is 0.390. The molecule has 0 saturated heterocycles. The molecular formula is C24H33N4O5P. The summed E-state index contributed by atoms with van der Waals surface area (Å²) in [6, 6.07) is 5.47. The van der Waals surface area contributed by atoms with Crippen molar-refractivity contribution >= 4 is 13.1 Å². The third kappa shape index (κ3) is 4.97. The summed E-state index contributed by atoms with van der Waals surface area (Å²) in [5, 5.41) is 4.81. The Morgan fingerprint density at radius 2 is 1.82 bits per heavy atom. The van der Waals surface area contributed by atoms with E-state index < -0.39 is 7.60 Å². The summed E-state index contributed by atoms with van der Waals surface area (Å²) in [4.78, 5) is 20.7. The molecule has 2 aromatic heterocycles. The van der Waals surface area contributed by atoms with Gasteiger partial charge in [-0.2, -0.15) is 0 Å². The molecule has 1 aliphatic rings. The average molecular weight is 489 g/mol. The molecule has 1 fully saturated rings. The number of hydrogen-bond donors (Lipinski definition) is 1. The van der Waals surface area contributed by atoms with E-state index >= 15 is 0 Å². The van der Waals surface area contributed by atoms with Crippen LogP contribution in [0, 0.1) is 6.92 Å². The van der Waals surface area contributed by atoms with E-state index in [1.807, 2.05) is 26.0 Å². The molecule has 0 atom stereocenters. The fourth-order valence-corrected chi connectivity index (χ4v) is 6.34. The highest BCUT2D eigenvalue weighted by Gasteiger charge is 2.27. The minimum atomic E-state index is -3.30. The molecule has 10 heteroatoms. The minimum absolute atomic E-state index is 0.109. The summed E-state index contributed by atoms with van der Waals surface area (Å²) in [6.07, 6.45) is 4.52. The first kappa shape index (κ1) is 24.6. The zero-order chi connectivity index (χ0) is 24.3. The van der Waals surface area contributed by atoms with Gasteiger partial charge in [0.05, 0.1) is 37.2 Å². The number of nitrogens with one attached hydrogen (secondary N) is 1. The van der Waals surface area contributed by atoms with Crippen LogP contribution >= 0.6 is 7.60 Å². The lowest BCUT2D eigenvalue weighted by molar-refractivity contribution is 0.219. The molecule has 1 aliphatic carbocycles. The van der Waals surface area contributed by atoms with Crippen LogP contribution in [0.25, 0.3) is 16.9 Å². The number of aryl methyl sites for hydroxylation is 1. The molecule has 1 N–H and O–H groups in total. The minimum Gasteiger partial charge on any atom is -0.493 e. The van der Waals surface area contributed by atoms with E-state index in [1.54, 1.807) is 24.4 Å². The molecule has 0 amide bonds. The van der Waals surface area contributed by atoms with Crippen molar-refractivity contribution in [3.8, 4) is 17.1 Å². The van der Waals surface area contributed by atoms with Gasteiger partial charge in [0.1, 0.15) is 11.6 Å². The van der Waals surface area contributed by atoms with E-state index in [0.717, 1.165) is 37.1 Å². The molecular weight excluding hydrogens is 455 g/mol. The van der Waals surface area contributed by atoms with Crippen LogP contribution in [0.1, 0.15) is 69.5 Å². The fourth-order valence-electron chi connectivity index (χ4n) is 4.65. The van der Waals surface area contributed by atoms with Crippen molar-refractivity contribution in [1.29, 1.82) is 0 Å². The highest BCUT2D eigenvalue weighted by atomic mass is 31.2. The molecule has 4 rings (SSSR count). The van der Waals surface area contributed by atoms with Crippen molar-refractivity contribution in [3.05, 3.63) is 45.6 Å². The second kappa shape index (κ2) is 10.4. The number of benzene rings is 1. The van der Waals surface area contributed by atoms with Gasteiger partial charge in [0.2, 0.25) is 0 Å². The summed E-state index contributed by atoms with van der Waals surface area (Å²) < 4.78 is 31.6. The van der Waals surface area contributed by atoms with Crippen molar-refractivity contribution in [1.82, 2.24) is 19.6 Å². The van der Waals surface area contributed by atoms with Gasteiger partial charge in [-0.05, 0) is 58.2 Å². The van der Waals surface area contributed by atoms with Gasteiger partial charge in [-0.25, -0.2) is 9.50 Å². The van der Waals surface area contributed by atoms with Crippen LogP contribution < -0.4 is 10.3 Å². The van der Waals surface area contributed by atoms with Crippen molar-refractivity contribution in [2.75, 3.05) is 19.8 Å². The zero-order valence-electron chi connectivity index (χ0n) is 20.3. The normalized spacial score (nSPS) is 14.8. The van der Waals surface area contributed by atoms with Crippen molar-refractivity contribution in [2.45, 2.75) is 65.5 Å². The summed E-state index contributed by atoms with van der Waals surface area (Å²) >= 11 is 0. The Morgan fingerprint density at radius 1 is 1.12 bits per heavy atom. The maximum atomic E-state index is 13.1. The molecule has 3 aromatic rings. The van der Waals surface area contributed by atoms with E-state index in [-0.39, 0.29) is 24.9 Å². The Balaban J connectivity index is 1.82. The standard InChI is InChI=1S/C24H33N4O5P/c1-5-31-20-13-12-17(15-34(30,32-6-2)33-7-3)14-19(20)22-26-24(29)21-16(4)25-23(28(21)27-22)18-10-8-9-11-18/h12-14,18H,5-11,15H2,1-4H3,(H,26,27,29). The number of nitrogens with zero attached hydrogens (tertiary/aromatic N) is 3. The second-order valence-corrected chi connectivity index (χ2v) is 10.5. The van der Waals surface area contributed by atoms with Crippen LogP contribution in [0.4, 0.5) is 0 Å². The van der Waals surface area contributed by atoms with Crippen LogP contribution in [0.3, 0.4) is 0 Å². The molecule has 0 spiro atoms. The first-order valence-corrected chi connectivity index (χ1v) is 13.8. The first-order chi connectivity index (χ1) is 16.4. The number of aromatic nitrogens is 4. The number of hydrogen-bond acceptors (Lipinski definition) is 7. The molecule has 0 bridgehead atoms. The third-order valence-corrected chi connectivity index (χ3v) is 8.10. The topological polar surface area (TPSA) is 108 Å². The van der Waals surface area contributed by atoms with Gasteiger partial charge in [-0.1, -0.05) is 18.9 Å². The molecule has 0 aliphatic heterocycles. The van der Waals surface area contributed by atoms with E-state index in [2.05, 4.69) is 4.98 Å². The molecule has 184 valence electrons. The van der Waals surface area contributed by atoms with Crippen molar-refractivity contribution in [2.24, 2.45) is 0 Å². The maximum absolute atomic E-state index is 13.1. The largest absolute Gasteiger partial charge is 0.493 e. The number of fused-ring (bicyclic) bond motifs is 1. The van der Waals surface area contributed by atoms with Gasteiger partial charge in [-0.3, -0.25) is 9.36 Å². The molecule has 1 saturated carbocycles. The number of imidazole rings is 1. The second-order valence-electron chi connectivity index (χ2n) is 8.47. The van der Waals surface area contributed by atoms with Gasteiger partial charge in [0, 0.05) is 5.92 Å². The molecule has 0 unspecified atom stereocenters. The van der Waals surface area contributed by atoms with E-state index in [0.29, 0.717) is 40.9 Å². The van der Waals surface area contributed by atoms with Crippen LogP contribution in [0.2, 0.25) is 0 Å². The van der Waals surface area contributed by atoms with Crippen LogP contribution in [-0.2, 0) is 19.8 Å². The predicted octanol–water partition coefficient (Wildman–Crippen LogP) is 5.22.